The van der Waals surface area contributed by atoms with Gasteiger partial charge in [-0.1, -0.05) is 6.92 Å². The minimum atomic E-state index is 0.0629. The fourth-order valence-corrected chi connectivity index (χ4v) is 1.91. The molecular formula is C11H17N3O. The maximum absolute atomic E-state index is 11.4. The van der Waals surface area contributed by atoms with Crippen LogP contribution in [0.4, 0.5) is 5.82 Å². The van der Waals surface area contributed by atoms with Gasteiger partial charge >= 0.3 is 0 Å². The van der Waals surface area contributed by atoms with E-state index in [0.29, 0.717) is 12.2 Å². The van der Waals surface area contributed by atoms with Crippen molar-refractivity contribution in [3.05, 3.63) is 11.8 Å². The van der Waals surface area contributed by atoms with Gasteiger partial charge in [0.05, 0.1) is 0 Å². The highest BCUT2D eigenvalue weighted by Crippen LogP contribution is 2.17. The van der Waals surface area contributed by atoms with Crippen LogP contribution in [0, 0.1) is 0 Å². The van der Waals surface area contributed by atoms with Crippen LogP contribution in [0.15, 0.2) is 6.07 Å². The van der Waals surface area contributed by atoms with Gasteiger partial charge in [-0.2, -0.15) is 5.10 Å². The molecule has 1 aromatic rings. The lowest BCUT2D eigenvalue weighted by atomic mass is 10.1. The third-order valence-corrected chi connectivity index (χ3v) is 2.66. The van der Waals surface area contributed by atoms with E-state index in [0.717, 1.165) is 19.4 Å². The maximum atomic E-state index is 11.4. The van der Waals surface area contributed by atoms with Crippen molar-refractivity contribution >= 4 is 11.7 Å². The topological polar surface area (TPSA) is 46.9 Å². The van der Waals surface area contributed by atoms with E-state index in [1.807, 2.05) is 17.7 Å². The molecule has 2 rings (SSSR count). The first kappa shape index (κ1) is 10.2. The largest absolute Gasteiger partial charge is 0.309 e. The monoisotopic (exact) mass is 207 g/mol. The molecule has 2 heterocycles. The molecule has 0 spiro atoms. The summed E-state index contributed by atoms with van der Waals surface area (Å²) in [6.07, 6.45) is 4.95. The molecule has 0 bridgehead atoms. The molecule has 0 radical (unpaired) electrons. The molecule has 15 heavy (non-hydrogen) atoms. The molecule has 1 aliphatic rings. The Kier molecular flexibility index (Phi) is 3.04. The van der Waals surface area contributed by atoms with E-state index >= 15 is 0 Å². The first-order valence-corrected chi connectivity index (χ1v) is 5.66. The van der Waals surface area contributed by atoms with Crippen molar-refractivity contribution in [2.75, 3.05) is 5.32 Å². The summed E-state index contributed by atoms with van der Waals surface area (Å²) in [5, 5.41) is 7.19. The summed E-state index contributed by atoms with van der Waals surface area (Å²) in [6, 6.07) is 1.99. The fraction of sp³-hybridized carbons (Fsp3) is 0.636. The van der Waals surface area contributed by atoms with E-state index < -0.39 is 0 Å². The second-order valence-corrected chi connectivity index (χ2v) is 4.00. The molecule has 0 saturated heterocycles. The number of carbonyl (C=O) groups is 1. The van der Waals surface area contributed by atoms with Crippen molar-refractivity contribution in [2.45, 2.75) is 45.6 Å². The van der Waals surface area contributed by atoms with E-state index in [2.05, 4.69) is 10.4 Å². The number of rotatable bonds is 3. The number of carbonyl (C=O) groups excluding carboxylic acids is 1. The van der Waals surface area contributed by atoms with Gasteiger partial charge in [0.2, 0.25) is 5.91 Å². The summed E-state index contributed by atoms with van der Waals surface area (Å²) in [5.41, 5.74) is 1.24. The number of aromatic nitrogens is 2. The number of hydrogen-bond donors (Lipinski definition) is 1. The Bertz CT molecular complexity index is 333. The second kappa shape index (κ2) is 4.47. The Morgan fingerprint density at radius 2 is 2.47 bits per heavy atom. The summed E-state index contributed by atoms with van der Waals surface area (Å²) >= 11 is 0. The quantitative estimate of drug-likeness (QED) is 0.823. The first-order valence-electron chi connectivity index (χ1n) is 5.66. The van der Waals surface area contributed by atoms with Gasteiger partial charge in [0.1, 0.15) is 0 Å². The van der Waals surface area contributed by atoms with Crippen LogP contribution in [-0.4, -0.2) is 15.7 Å². The van der Waals surface area contributed by atoms with Crippen LogP contribution in [0.5, 0.6) is 0 Å². The minimum Gasteiger partial charge on any atom is -0.309 e. The van der Waals surface area contributed by atoms with Crippen LogP contribution in [-0.2, 0) is 17.8 Å². The predicted molar refractivity (Wildman–Crippen MR) is 58.7 cm³/mol. The molecular weight excluding hydrogens is 190 g/mol. The van der Waals surface area contributed by atoms with Gasteiger partial charge in [0.25, 0.3) is 0 Å². The Hall–Kier alpha value is -1.32. The van der Waals surface area contributed by atoms with Crippen molar-refractivity contribution in [1.29, 1.82) is 0 Å². The van der Waals surface area contributed by atoms with Gasteiger partial charge in [-0.05, 0) is 25.7 Å². The van der Waals surface area contributed by atoms with Gasteiger partial charge < -0.3 is 5.32 Å². The zero-order valence-corrected chi connectivity index (χ0v) is 9.12. The van der Waals surface area contributed by atoms with Crippen LogP contribution in [0.1, 0.15) is 38.3 Å². The van der Waals surface area contributed by atoms with Crippen molar-refractivity contribution in [3.8, 4) is 0 Å². The SMILES string of the molecule is CCCC(=O)Nc1cc2n(n1)CCCC2. The van der Waals surface area contributed by atoms with E-state index in [1.165, 1.54) is 18.5 Å². The zero-order chi connectivity index (χ0) is 10.7. The summed E-state index contributed by atoms with van der Waals surface area (Å²) in [7, 11) is 0. The zero-order valence-electron chi connectivity index (χ0n) is 9.12. The van der Waals surface area contributed by atoms with Crippen molar-refractivity contribution in [2.24, 2.45) is 0 Å². The second-order valence-electron chi connectivity index (χ2n) is 4.00. The van der Waals surface area contributed by atoms with Crippen LogP contribution < -0.4 is 5.32 Å². The third-order valence-electron chi connectivity index (χ3n) is 2.66. The van der Waals surface area contributed by atoms with Crippen LogP contribution in [0.3, 0.4) is 0 Å². The minimum absolute atomic E-state index is 0.0629. The number of anilines is 1. The van der Waals surface area contributed by atoms with Gasteiger partial charge in [0, 0.05) is 24.7 Å². The van der Waals surface area contributed by atoms with Crippen molar-refractivity contribution in [1.82, 2.24) is 9.78 Å². The number of aryl methyl sites for hydroxylation is 2. The first-order chi connectivity index (χ1) is 7.29. The molecule has 0 atom stereocenters. The fourth-order valence-electron chi connectivity index (χ4n) is 1.91. The predicted octanol–water partition coefficient (Wildman–Crippen LogP) is 1.96. The lowest BCUT2D eigenvalue weighted by Gasteiger charge is -2.11. The van der Waals surface area contributed by atoms with Gasteiger partial charge in [-0.25, -0.2) is 0 Å². The molecule has 4 nitrogen and oxygen atoms in total. The van der Waals surface area contributed by atoms with E-state index in [4.69, 9.17) is 0 Å². The van der Waals surface area contributed by atoms with Crippen molar-refractivity contribution in [3.63, 3.8) is 0 Å². The standard InChI is InChI=1S/C11H17N3O/c1-2-5-11(15)12-10-8-9-6-3-4-7-14(9)13-10/h8H,2-7H2,1H3,(H,12,13,15). The Morgan fingerprint density at radius 1 is 1.60 bits per heavy atom. The molecule has 0 aliphatic carbocycles. The van der Waals surface area contributed by atoms with Gasteiger partial charge in [-0.3, -0.25) is 9.48 Å². The maximum Gasteiger partial charge on any atom is 0.225 e. The number of hydrogen-bond acceptors (Lipinski definition) is 2. The number of fused-ring (bicyclic) bond motifs is 1. The average Bonchev–Trinajstić information content (AvgIpc) is 2.59. The lowest BCUT2D eigenvalue weighted by molar-refractivity contribution is -0.116. The van der Waals surface area contributed by atoms with Crippen molar-refractivity contribution < 1.29 is 4.79 Å². The molecule has 1 aliphatic heterocycles. The number of amides is 1. The molecule has 0 saturated carbocycles. The summed E-state index contributed by atoms with van der Waals surface area (Å²) in [6.45, 7) is 2.98. The highest BCUT2D eigenvalue weighted by molar-refractivity contribution is 5.89. The molecule has 4 heteroatoms. The van der Waals surface area contributed by atoms with E-state index in [-0.39, 0.29) is 5.91 Å². The molecule has 0 unspecified atom stereocenters. The summed E-state index contributed by atoms with van der Waals surface area (Å²) < 4.78 is 2.01. The normalized spacial score (nSPS) is 14.7. The van der Waals surface area contributed by atoms with E-state index in [9.17, 15) is 4.79 Å². The average molecular weight is 207 g/mol. The Labute approximate surface area is 89.7 Å². The molecule has 82 valence electrons. The van der Waals surface area contributed by atoms with E-state index in [1.54, 1.807) is 0 Å². The van der Waals surface area contributed by atoms with Crippen LogP contribution in [0.2, 0.25) is 0 Å². The summed E-state index contributed by atoms with van der Waals surface area (Å²) in [5.74, 6) is 0.776. The molecule has 1 aromatic heterocycles. The van der Waals surface area contributed by atoms with Gasteiger partial charge in [-0.15, -0.1) is 0 Å². The van der Waals surface area contributed by atoms with Crippen LogP contribution in [0.25, 0.3) is 0 Å². The molecule has 1 N–H and O–H groups in total. The number of nitrogens with one attached hydrogen (secondary N) is 1. The van der Waals surface area contributed by atoms with Crippen LogP contribution >= 0.6 is 0 Å². The molecule has 1 amide bonds. The third kappa shape index (κ3) is 2.37. The highest BCUT2D eigenvalue weighted by Gasteiger charge is 2.12. The number of nitrogens with zero attached hydrogens (tertiary/aromatic N) is 2. The smallest absolute Gasteiger partial charge is 0.225 e. The highest BCUT2D eigenvalue weighted by atomic mass is 16.1. The Morgan fingerprint density at radius 3 is 3.20 bits per heavy atom. The summed E-state index contributed by atoms with van der Waals surface area (Å²) in [4.78, 5) is 11.4. The molecule has 0 aromatic carbocycles. The lowest BCUT2D eigenvalue weighted by Crippen LogP contribution is -2.12. The molecule has 0 fully saturated rings. The van der Waals surface area contributed by atoms with Gasteiger partial charge in [0.15, 0.2) is 5.82 Å². The Balaban J connectivity index is 2.03.